The van der Waals surface area contributed by atoms with Gasteiger partial charge in [-0.05, 0) is 31.7 Å². The summed E-state index contributed by atoms with van der Waals surface area (Å²) in [5, 5.41) is 3.51. The fourth-order valence-electron chi connectivity index (χ4n) is 1.71. The predicted molar refractivity (Wildman–Crippen MR) is 59.3 cm³/mol. The number of hydrogen-bond acceptors (Lipinski definition) is 3. The molecule has 14 heavy (non-hydrogen) atoms. The highest BCUT2D eigenvalue weighted by Gasteiger charge is 2.28. The molecule has 0 radical (unpaired) electrons. The van der Waals surface area contributed by atoms with Crippen LogP contribution in [0.3, 0.4) is 0 Å². The molecule has 3 heteroatoms. The molecule has 1 aliphatic carbocycles. The summed E-state index contributed by atoms with van der Waals surface area (Å²) in [6.45, 7) is 5.39. The molecule has 0 spiro atoms. The molecule has 1 atom stereocenters. The van der Waals surface area contributed by atoms with Crippen molar-refractivity contribution in [1.82, 2.24) is 5.32 Å². The van der Waals surface area contributed by atoms with Crippen LogP contribution in [0.5, 0.6) is 0 Å². The van der Waals surface area contributed by atoms with Gasteiger partial charge in [0.25, 0.3) is 0 Å². The summed E-state index contributed by atoms with van der Waals surface area (Å²) in [6, 6.07) is 1.00. The van der Waals surface area contributed by atoms with Gasteiger partial charge in [-0.2, -0.15) is 0 Å². The van der Waals surface area contributed by atoms with Gasteiger partial charge in [-0.1, -0.05) is 13.8 Å². The van der Waals surface area contributed by atoms with Gasteiger partial charge in [0.1, 0.15) is 0 Å². The van der Waals surface area contributed by atoms with Crippen LogP contribution < -0.4 is 11.1 Å². The molecule has 1 fully saturated rings. The van der Waals surface area contributed by atoms with Crippen molar-refractivity contribution in [3.05, 3.63) is 0 Å². The lowest BCUT2D eigenvalue weighted by Crippen LogP contribution is -2.46. The Morgan fingerprint density at radius 2 is 2.07 bits per heavy atom. The van der Waals surface area contributed by atoms with Gasteiger partial charge in [0.15, 0.2) is 0 Å². The third-order valence-corrected chi connectivity index (χ3v) is 3.20. The molecular weight excluding hydrogens is 176 g/mol. The second-order valence-corrected chi connectivity index (χ2v) is 4.68. The van der Waals surface area contributed by atoms with Gasteiger partial charge >= 0.3 is 0 Å². The third-order valence-electron chi connectivity index (χ3n) is 3.20. The highest BCUT2D eigenvalue weighted by atomic mass is 16.5. The Balaban J connectivity index is 1.95. The Morgan fingerprint density at radius 1 is 1.43 bits per heavy atom. The summed E-state index contributed by atoms with van der Waals surface area (Å²) in [5.41, 5.74) is 5.95. The summed E-state index contributed by atoms with van der Waals surface area (Å²) < 4.78 is 5.22. The number of nitrogens with one attached hydrogen (secondary N) is 1. The van der Waals surface area contributed by atoms with E-state index in [1.54, 1.807) is 7.11 Å². The normalized spacial score (nSPS) is 28.9. The molecule has 0 aliphatic heterocycles. The van der Waals surface area contributed by atoms with E-state index in [1.807, 2.05) is 0 Å². The fraction of sp³-hybridized carbons (Fsp3) is 1.00. The summed E-state index contributed by atoms with van der Waals surface area (Å²) in [5.74, 6) is 0.588. The second-order valence-electron chi connectivity index (χ2n) is 4.68. The van der Waals surface area contributed by atoms with Gasteiger partial charge in [0.05, 0.1) is 6.10 Å². The number of ether oxygens (including phenoxy) is 1. The first kappa shape index (κ1) is 12.0. The zero-order valence-corrected chi connectivity index (χ0v) is 9.62. The topological polar surface area (TPSA) is 47.3 Å². The molecule has 0 aromatic heterocycles. The minimum atomic E-state index is 0.334. The predicted octanol–water partition coefficient (Wildman–Crippen LogP) is 1.13. The summed E-state index contributed by atoms with van der Waals surface area (Å²) >= 11 is 0. The first-order valence-corrected chi connectivity index (χ1v) is 5.65. The van der Waals surface area contributed by atoms with Crippen LogP contribution >= 0.6 is 0 Å². The van der Waals surface area contributed by atoms with Crippen LogP contribution in [0.1, 0.15) is 33.1 Å². The summed E-state index contributed by atoms with van der Waals surface area (Å²) in [7, 11) is 1.79. The number of methoxy groups -OCH3 is 1. The Labute approximate surface area is 87.4 Å². The van der Waals surface area contributed by atoms with Crippen molar-refractivity contribution in [2.24, 2.45) is 11.7 Å². The van der Waals surface area contributed by atoms with Crippen LogP contribution in [0, 0.1) is 5.92 Å². The molecule has 0 aromatic rings. The lowest BCUT2D eigenvalue weighted by molar-refractivity contribution is 0.0173. The number of rotatable bonds is 6. The van der Waals surface area contributed by atoms with E-state index in [0.29, 0.717) is 24.1 Å². The first-order chi connectivity index (χ1) is 6.63. The van der Waals surface area contributed by atoms with Crippen LogP contribution in [-0.2, 0) is 4.74 Å². The van der Waals surface area contributed by atoms with Crippen LogP contribution in [0.4, 0.5) is 0 Å². The van der Waals surface area contributed by atoms with Crippen LogP contribution in [0.25, 0.3) is 0 Å². The quantitative estimate of drug-likeness (QED) is 0.675. The van der Waals surface area contributed by atoms with E-state index in [-0.39, 0.29) is 0 Å². The molecule has 1 unspecified atom stereocenters. The van der Waals surface area contributed by atoms with Crippen molar-refractivity contribution < 1.29 is 4.74 Å². The van der Waals surface area contributed by atoms with Gasteiger partial charge in [0.2, 0.25) is 0 Å². The van der Waals surface area contributed by atoms with Gasteiger partial charge in [-0.25, -0.2) is 0 Å². The molecule has 0 bridgehead atoms. The SMILES string of the molecule is COC1CC(NCCC(N)C(C)C)C1. The van der Waals surface area contributed by atoms with E-state index in [9.17, 15) is 0 Å². The lowest BCUT2D eigenvalue weighted by atomic mass is 9.89. The summed E-state index contributed by atoms with van der Waals surface area (Å²) in [6.07, 6.45) is 3.89. The van der Waals surface area contributed by atoms with Crippen molar-refractivity contribution in [2.75, 3.05) is 13.7 Å². The van der Waals surface area contributed by atoms with E-state index in [0.717, 1.165) is 25.8 Å². The van der Waals surface area contributed by atoms with E-state index in [2.05, 4.69) is 19.2 Å². The molecule has 84 valence electrons. The molecular formula is C11H24N2O. The Kier molecular flexibility index (Phi) is 4.85. The molecule has 0 saturated heterocycles. The van der Waals surface area contributed by atoms with Gasteiger partial charge in [0, 0.05) is 19.2 Å². The number of nitrogens with two attached hydrogens (primary N) is 1. The van der Waals surface area contributed by atoms with Crippen molar-refractivity contribution in [2.45, 2.75) is 51.3 Å². The molecule has 0 amide bonds. The van der Waals surface area contributed by atoms with Crippen molar-refractivity contribution in [3.63, 3.8) is 0 Å². The largest absolute Gasteiger partial charge is 0.381 e. The Morgan fingerprint density at radius 3 is 2.57 bits per heavy atom. The van der Waals surface area contributed by atoms with E-state index in [1.165, 1.54) is 0 Å². The van der Waals surface area contributed by atoms with Gasteiger partial charge in [-0.3, -0.25) is 0 Å². The maximum absolute atomic E-state index is 5.95. The van der Waals surface area contributed by atoms with Crippen molar-refractivity contribution in [1.29, 1.82) is 0 Å². The van der Waals surface area contributed by atoms with Crippen molar-refractivity contribution >= 4 is 0 Å². The fourth-order valence-corrected chi connectivity index (χ4v) is 1.71. The lowest BCUT2D eigenvalue weighted by Gasteiger charge is -2.35. The minimum absolute atomic E-state index is 0.334. The molecule has 3 N–H and O–H groups in total. The Bertz CT molecular complexity index is 155. The monoisotopic (exact) mass is 200 g/mol. The van der Waals surface area contributed by atoms with Crippen LogP contribution in [0.15, 0.2) is 0 Å². The molecule has 0 aromatic carbocycles. The smallest absolute Gasteiger partial charge is 0.0601 e. The van der Waals surface area contributed by atoms with E-state index < -0.39 is 0 Å². The zero-order valence-electron chi connectivity index (χ0n) is 9.62. The highest BCUT2D eigenvalue weighted by Crippen LogP contribution is 2.22. The summed E-state index contributed by atoms with van der Waals surface area (Å²) in [4.78, 5) is 0. The van der Waals surface area contributed by atoms with E-state index >= 15 is 0 Å². The highest BCUT2D eigenvalue weighted by molar-refractivity contribution is 4.85. The molecule has 0 heterocycles. The maximum atomic E-state index is 5.95. The molecule has 3 nitrogen and oxygen atoms in total. The van der Waals surface area contributed by atoms with Crippen LogP contribution in [-0.4, -0.2) is 31.8 Å². The molecule has 1 rings (SSSR count). The van der Waals surface area contributed by atoms with Gasteiger partial charge in [-0.15, -0.1) is 0 Å². The van der Waals surface area contributed by atoms with E-state index in [4.69, 9.17) is 10.5 Å². The standard InChI is InChI=1S/C11H24N2O/c1-8(2)11(12)4-5-13-9-6-10(7-9)14-3/h8-11,13H,4-7,12H2,1-3H3. The molecule has 1 aliphatic rings. The average Bonchev–Trinajstić information content (AvgIpc) is 2.08. The first-order valence-electron chi connectivity index (χ1n) is 5.65. The average molecular weight is 200 g/mol. The minimum Gasteiger partial charge on any atom is -0.381 e. The molecule has 1 saturated carbocycles. The Hall–Kier alpha value is -0.120. The van der Waals surface area contributed by atoms with Crippen LogP contribution in [0.2, 0.25) is 0 Å². The van der Waals surface area contributed by atoms with Gasteiger partial charge < -0.3 is 15.8 Å². The number of hydrogen-bond donors (Lipinski definition) is 2. The second kappa shape index (κ2) is 5.69. The maximum Gasteiger partial charge on any atom is 0.0601 e. The zero-order chi connectivity index (χ0) is 10.6. The third kappa shape index (κ3) is 3.56. The van der Waals surface area contributed by atoms with Crippen molar-refractivity contribution in [3.8, 4) is 0 Å².